The Balaban J connectivity index is 2.01. The van der Waals surface area contributed by atoms with Gasteiger partial charge in [-0.1, -0.05) is 60.0 Å². The molecule has 0 aliphatic heterocycles. The normalized spacial score (nSPS) is 11.6. The molecule has 1 aromatic heterocycles. The SMILES string of the molecule is CCCCCON(c1cnc2ccccc2c1)S(=O)(=O)c1cccc(Br)c1. The smallest absolute Gasteiger partial charge is 0.259 e. The lowest BCUT2D eigenvalue weighted by Crippen LogP contribution is -2.32. The van der Waals surface area contributed by atoms with Gasteiger partial charge in [-0.3, -0.25) is 9.82 Å². The van der Waals surface area contributed by atoms with Crippen LogP contribution in [-0.4, -0.2) is 20.0 Å². The molecule has 0 aliphatic carbocycles. The van der Waals surface area contributed by atoms with Gasteiger partial charge in [0.1, 0.15) is 5.69 Å². The molecule has 142 valence electrons. The van der Waals surface area contributed by atoms with Crippen molar-refractivity contribution in [1.82, 2.24) is 4.98 Å². The number of unbranched alkanes of at least 4 members (excludes halogenated alkanes) is 2. The van der Waals surface area contributed by atoms with E-state index in [1.165, 1.54) is 6.20 Å². The number of rotatable bonds is 8. The van der Waals surface area contributed by atoms with Crippen molar-refractivity contribution in [2.24, 2.45) is 0 Å². The molecule has 2 aromatic carbocycles. The number of para-hydroxylation sites is 1. The van der Waals surface area contributed by atoms with Gasteiger partial charge in [-0.05, 0) is 36.8 Å². The number of hydrogen-bond donors (Lipinski definition) is 0. The van der Waals surface area contributed by atoms with E-state index < -0.39 is 10.0 Å². The zero-order valence-corrected chi connectivity index (χ0v) is 17.4. The summed E-state index contributed by atoms with van der Waals surface area (Å²) in [5, 5.41) is 0.849. The highest BCUT2D eigenvalue weighted by molar-refractivity contribution is 9.10. The maximum Gasteiger partial charge on any atom is 0.286 e. The molecule has 27 heavy (non-hydrogen) atoms. The van der Waals surface area contributed by atoms with Gasteiger partial charge in [0.2, 0.25) is 0 Å². The summed E-state index contributed by atoms with van der Waals surface area (Å²) in [7, 11) is -3.89. The van der Waals surface area contributed by atoms with E-state index in [9.17, 15) is 8.42 Å². The molecular formula is C20H21BrN2O3S. The molecule has 3 aromatic rings. The monoisotopic (exact) mass is 448 g/mol. The van der Waals surface area contributed by atoms with Crippen LogP contribution in [-0.2, 0) is 14.9 Å². The Morgan fingerprint density at radius 3 is 2.67 bits per heavy atom. The van der Waals surface area contributed by atoms with Crippen molar-refractivity contribution >= 4 is 42.5 Å². The Hall–Kier alpha value is -1.96. The predicted octanol–water partition coefficient (Wildman–Crippen LogP) is 5.31. The lowest BCUT2D eigenvalue weighted by molar-refractivity contribution is 0.144. The van der Waals surface area contributed by atoms with E-state index in [4.69, 9.17) is 4.84 Å². The third-order valence-electron chi connectivity index (χ3n) is 4.06. The molecule has 0 amide bonds. The van der Waals surface area contributed by atoms with E-state index in [-0.39, 0.29) is 4.90 Å². The summed E-state index contributed by atoms with van der Waals surface area (Å²) in [5.41, 5.74) is 1.18. The zero-order valence-electron chi connectivity index (χ0n) is 15.0. The summed E-state index contributed by atoms with van der Waals surface area (Å²) in [5.74, 6) is 0. The molecule has 0 fully saturated rings. The van der Waals surface area contributed by atoms with Gasteiger partial charge in [0, 0.05) is 9.86 Å². The number of hydrogen-bond acceptors (Lipinski definition) is 4. The predicted molar refractivity (Wildman–Crippen MR) is 111 cm³/mol. The fourth-order valence-corrected chi connectivity index (χ4v) is 4.52. The Bertz CT molecular complexity index is 1020. The number of fused-ring (bicyclic) bond motifs is 1. The van der Waals surface area contributed by atoms with E-state index in [0.717, 1.165) is 34.6 Å². The first-order valence-corrected chi connectivity index (χ1v) is 11.0. The molecule has 3 rings (SSSR count). The lowest BCUT2D eigenvalue weighted by atomic mass is 10.2. The zero-order chi connectivity index (χ0) is 19.3. The van der Waals surface area contributed by atoms with Crippen molar-refractivity contribution in [2.75, 3.05) is 11.1 Å². The fourth-order valence-electron chi connectivity index (χ4n) is 2.66. The first-order valence-electron chi connectivity index (χ1n) is 8.81. The summed E-state index contributed by atoms with van der Waals surface area (Å²) in [6, 6.07) is 15.9. The lowest BCUT2D eigenvalue weighted by Gasteiger charge is -2.23. The molecule has 0 saturated heterocycles. The van der Waals surface area contributed by atoms with Crippen LogP contribution in [0.15, 0.2) is 70.2 Å². The van der Waals surface area contributed by atoms with Crippen LogP contribution in [0.1, 0.15) is 26.2 Å². The Morgan fingerprint density at radius 1 is 1.07 bits per heavy atom. The van der Waals surface area contributed by atoms with Crippen LogP contribution in [0, 0.1) is 0 Å². The van der Waals surface area contributed by atoms with E-state index in [0.29, 0.717) is 16.8 Å². The summed E-state index contributed by atoms with van der Waals surface area (Å²) in [6.45, 7) is 2.40. The highest BCUT2D eigenvalue weighted by Gasteiger charge is 2.27. The second-order valence-electron chi connectivity index (χ2n) is 6.12. The van der Waals surface area contributed by atoms with E-state index in [1.807, 2.05) is 24.3 Å². The standard InChI is InChI=1S/C20H21BrN2O3S/c1-2-3-6-12-26-23(27(24,25)19-10-7-9-17(21)14-19)18-13-16-8-4-5-11-20(16)22-15-18/h4-5,7-11,13-15H,2-3,6,12H2,1H3. The molecule has 0 atom stereocenters. The molecule has 0 aliphatic rings. The topological polar surface area (TPSA) is 59.5 Å². The highest BCUT2D eigenvalue weighted by Crippen LogP contribution is 2.27. The summed E-state index contributed by atoms with van der Waals surface area (Å²) >= 11 is 3.33. The largest absolute Gasteiger partial charge is 0.286 e. The number of aromatic nitrogens is 1. The van der Waals surface area contributed by atoms with Gasteiger partial charge < -0.3 is 0 Å². The van der Waals surface area contributed by atoms with Gasteiger partial charge >= 0.3 is 0 Å². The molecule has 0 saturated carbocycles. The molecule has 7 heteroatoms. The van der Waals surface area contributed by atoms with Crippen LogP contribution in [0.3, 0.4) is 0 Å². The Morgan fingerprint density at radius 2 is 1.89 bits per heavy atom. The molecule has 1 heterocycles. The Labute approximate surface area is 168 Å². The number of anilines is 1. The summed E-state index contributed by atoms with van der Waals surface area (Å²) in [6.07, 6.45) is 4.31. The molecule has 0 N–H and O–H groups in total. The van der Waals surface area contributed by atoms with Crippen LogP contribution in [0.2, 0.25) is 0 Å². The second kappa shape index (κ2) is 8.82. The van der Waals surface area contributed by atoms with Crippen LogP contribution in [0.5, 0.6) is 0 Å². The van der Waals surface area contributed by atoms with Crippen molar-refractivity contribution in [3.63, 3.8) is 0 Å². The van der Waals surface area contributed by atoms with Crippen molar-refractivity contribution in [3.8, 4) is 0 Å². The molecule has 0 spiro atoms. The van der Waals surface area contributed by atoms with Gasteiger partial charge in [0.05, 0.1) is 23.2 Å². The molecule has 0 radical (unpaired) electrons. The summed E-state index contributed by atoms with van der Waals surface area (Å²) in [4.78, 5) is 10.3. The second-order valence-corrected chi connectivity index (χ2v) is 8.78. The molecular weight excluding hydrogens is 428 g/mol. The van der Waals surface area contributed by atoms with Crippen LogP contribution in [0.25, 0.3) is 10.9 Å². The van der Waals surface area contributed by atoms with Gasteiger partial charge in [-0.2, -0.15) is 8.42 Å². The van der Waals surface area contributed by atoms with Gasteiger partial charge in [0.25, 0.3) is 10.0 Å². The van der Waals surface area contributed by atoms with Crippen molar-refractivity contribution in [3.05, 3.63) is 65.3 Å². The minimum atomic E-state index is -3.89. The Kier molecular flexibility index (Phi) is 6.46. The molecule has 0 unspecified atom stereocenters. The maximum atomic E-state index is 13.2. The third-order valence-corrected chi connectivity index (χ3v) is 6.15. The molecule has 0 bridgehead atoms. The van der Waals surface area contributed by atoms with Crippen molar-refractivity contribution < 1.29 is 13.3 Å². The van der Waals surface area contributed by atoms with Crippen molar-refractivity contribution in [2.45, 2.75) is 31.1 Å². The third kappa shape index (κ3) is 4.66. The van der Waals surface area contributed by atoms with Crippen LogP contribution >= 0.6 is 15.9 Å². The number of nitrogens with zero attached hydrogens (tertiary/aromatic N) is 2. The van der Waals surface area contributed by atoms with Gasteiger partial charge in [-0.15, -0.1) is 4.47 Å². The maximum absolute atomic E-state index is 13.2. The minimum Gasteiger partial charge on any atom is -0.259 e. The summed E-state index contributed by atoms with van der Waals surface area (Å²) < 4.78 is 28.2. The minimum absolute atomic E-state index is 0.153. The number of halogens is 1. The highest BCUT2D eigenvalue weighted by atomic mass is 79.9. The van der Waals surface area contributed by atoms with Crippen LogP contribution < -0.4 is 4.47 Å². The van der Waals surface area contributed by atoms with E-state index in [1.54, 1.807) is 30.3 Å². The molecule has 5 nitrogen and oxygen atoms in total. The van der Waals surface area contributed by atoms with Crippen molar-refractivity contribution in [1.29, 1.82) is 0 Å². The van der Waals surface area contributed by atoms with Crippen LogP contribution in [0.4, 0.5) is 5.69 Å². The average Bonchev–Trinajstić information content (AvgIpc) is 2.67. The first-order chi connectivity index (χ1) is 13.0. The van der Waals surface area contributed by atoms with Gasteiger partial charge in [-0.25, -0.2) is 0 Å². The average molecular weight is 449 g/mol. The van der Waals surface area contributed by atoms with E-state index >= 15 is 0 Å². The number of pyridine rings is 1. The number of sulfonamides is 1. The number of benzene rings is 2. The van der Waals surface area contributed by atoms with E-state index in [2.05, 4.69) is 27.8 Å². The first kappa shape index (κ1) is 19.8. The fraction of sp³-hybridized carbons (Fsp3) is 0.250. The quantitative estimate of drug-likeness (QED) is 0.345. The van der Waals surface area contributed by atoms with Gasteiger partial charge in [0.15, 0.2) is 0 Å².